The number of hydrogen-bond donors (Lipinski definition) is 0. The van der Waals surface area contributed by atoms with Gasteiger partial charge in [-0.2, -0.15) is 0 Å². The second-order valence-electron chi connectivity index (χ2n) is 4.33. The summed E-state index contributed by atoms with van der Waals surface area (Å²) in [5.41, 5.74) is -0.240. The first kappa shape index (κ1) is 17.3. The second-order valence-corrected chi connectivity index (χ2v) is 6.97. The van der Waals surface area contributed by atoms with Crippen LogP contribution in [-0.4, -0.2) is 39.8 Å². The fourth-order valence-electron chi connectivity index (χ4n) is 1.80. The molecule has 0 aromatic heterocycles. The molecule has 106 valence electrons. The van der Waals surface area contributed by atoms with Crippen LogP contribution in [-0.2, 0) is 19.0 Å². The van der Waals surface area contributed by atoms with Crippen molar-refractivity contribution in [3.63, 3.8) is 0 Å². The van der Waals surface area contributed by atoms with Gasteiger partial charge in [-0.3, -0.25) is 0 Å². The van der Waals surface area contributed by atoms with E-state index in [0.29, 0.717) is 18.8 Å². The first-order valence-electron chi connectivity index (χ1n) is 6.55. The van der Waals surface area contributed by atoms with Gasteiger partial charge in [0, 0.05) is 18.8 Å². The summed E-state index contributed by atoms with van der Waals surface area (Å²) >= 11 is 0. The monoisotopic (exact) mass is 274 g/mol. The van der Waals surface area contributed by atoms with Crippen LogP contribution in [0.4, 0.5) is 0 Å². The minimum atomic E-state index is -0.883. The summed E-state index contributed by atoms with van der Waals surface area (Å²) in [5.74, 6) is -0.340. The third kappa shape index (κ3) is 5.80. The van der Waals surface area contributed by atoms with Gasteiger partial charge in [-0.05, 0) is 34.1 Å². The predicted molar refractivity (Wildman–Crippen MR) is 75.2 cm³/mol. The molecular weight excluding hydrogens is 248 g/mol. The molecule has 0 aliphatic rings. The molecule has 1 unspecified atom stereocenters. The number of hydrogen-bond acceptors (Lipinski definition) is 4. The van der Waals surface area contributed by atoms with Crippen molar-refractivity contribution in [2.45, 2.75) is 52.2 Å². The Balaban J connectivity index is 4.55. The maximum atomic E-state index is 11.5. The molecule has 18 heavy (non-hydrogen) atoms. The predicted octanol–water partition coefficient (Wildman–Crippen LogP) is 1.76. The molecule has 0 aromatic rings. The molecule has 0 N–H and O–H groups in total. The summed E-state index contributed by atoms with van der Waals surface area (Å²) in [5, 5.41) is 0. The molecule has 0 rings (SSSR count). The van der Waals surface area contributed by atoms with Gasteiger partial charge in [-0.15, -0.1) is 0 Å². The number of rotatable bonds is 9. The lowest BCUT2D eigenvalue weighted by Crippen LogP contribution is -2.47. The molecule has 0 aromatic carbocycles. The van der Waals surface area contributed by atoms with E-state index >= 15 is 0 Å². The Morgan fingerprint density at radius 1 is 1.28 bits per heavy atom. The highest BCUT2D eigenvalue weighted by Crippen LogP contribution is 2.19. The number of esters is 1. The number of carbonyl (C=O) groups is 1. The van der Waals surface area contributed by atoms with E-state index < -0.39 is 14.9 Å². The van der Waals surface area contributed by atoms with E-state index in [0.717, 1.165) is 6.42 Å². The van der Waals surface area contributed by atoms with Crippen molar-refractivity contribution in [3.8, 4) is 0 Å². The average molecular weight is 274 g/mol. The van der Waals surface area contributed by atoms with Gasteiger partial charge in [0.2, 0.25) is 0 Å². The zero-order valence-corrected chi connectivity index (χ0v) is 13.7. The molecule has 0 spiro atoms. The van der Waals surface area contributed by atoms with E-state index in [-0.39, 0.29) is 11.7 Å². The third-order valence-electron chi connectivity index (χ3n) is 2.61. The average Bonchev–Trinajstić information content (AvgIpc) is 2.29. The Morgan fingerprint density at radius 3 is 2.11 bits per heavy atom. The van der Waals surface area contributed by atoms with Gasteiger partial charge in [-0.25, -0.2) is 4.79 Å². The summed E-state index contributed by atoms with van der Waals surface area (Å²) in [6.45, 7) is 14.2. The van der Waals surface area contributed by atoms with Gasteiger partial charge >= 0.3 is 5.97 Å². The van der Waals surface area contributed by atoms with E-state index in [1.54, 1.807) is 6.92 Å². The maximum absolute atomic E-state index is 11.5. The van der Waals surface area contributed by atoms with Crippen molar-refractivity contribution < 1.29 is 19.0 Å². The molecular formula is C13H26O4Si. The molecule has 4 nitrogen and oxygen atoms in total. The van der Waals surface area contributed by atoms with Crippen LogP contribution in [0.2, 0.25) is 0 Å². The van der Waals surface area contributed by atoms with Crippen molar-refractivity contribution in [2.75, 3.05) is 13.2 Å². The normalized spacial score (nSPS) is 13.8. The van der Waals surface area contributed by atoms with Crippen LogP contribution in [0.15, 0.2) is 12.2 Å². The smallest absolute Gasteiger partial charge is 0.333 e. The molecule has 0 radical (unpaired) electrons. The quantitative estimate of drug-likeness (QED) is 0.278. The molecule has 5 heteroatoms. The van der Waals surface area contributed by atoms with Crippen LogP contribution in [0.1, 0.15) is 41.0 Å². The van der Waals surface area contributed by atoms with Crippen molar-refractivity contribution in [2.24, 2.45) is 0 Å². The fourth-order valence-corrected chi connectivity index (χ4v) is 3.84. The lowest BCUT2D eigenvalue weighted by atomic mass is 10.4. The Morgan fingerprint density at radius 2 is 1.78 bits per heavy atom. The summed E-state index contributed by atoms with van der Waals surface area (Å²) in [6.07, 6.45) is 0.774. The van der Waals surface area contributed by atoms with Gasteiger partial charge in [0.05, 0.1) is 5.73 Å². The van der Waals surface area contributed by atoms with E-state index in [2.05, 4.69) is 6.58 Å². The minimum absolute atomic E-state index is 0.132. The molecule has 0 saturated heterocycles. The maximum Gasteiger partial charge on any atom is 0.333 e. The SMILES string of the molecule is C=C(C)C(=O)OC(C)[SiH2]C(CC)(OCC)OCC. The minimum Gasteiger partial charge on any atom is -0.464 e. The molecule has 0 saturated carbocycles. The van der Waals surface area contributed by atoms with Gasteiger partial charge in [-0.1, -0.05) is 13.5 Å². The standard InChI is InChI=1S/C13H26O4Si/c1-7-13(15-8-2,16-9-3)18-11(6)17-12(14)10(4)5/h11H,4,7-9,18H2,1-3,5-6H3. The van der Waals surface area contributed by atoms with Crippen LogP contribution in [0.3, 0.4) is 0 Å². The largest absolute Gasteiger partial charge is 0.464 e. The molecule has 0 aliphatic carbocycles. The Bertz CT molecular complexity index is 272. The number of ether oxygens (including phenoxy) is 3. The topological polar surface area (TPSA) is 44.8 Å². The molecule has 0 fully saturated rings. The molecule has 1 atom stereocenters. The zero-order chi connectivity index (χ0) is 14.2. The molecule has 0 bridgehead atoms. The van der Waals surface area contributed by atoms with Gasteiger partial charge in [0.1, 0.15) is 14.9 Å². The van der Waals surface area contributed by atoms with Crippen molar-refractivity contribution in [3.05, 3.63) is 12.2 Å². The van der Waals surface area contributed by atoms with E-state index in [1.165, 1.54) is 0 Å². The first-order valence-corrected chi connectivity index (χ1v) is 8.07. The molecule has 0 aliphatic heterocycles. The van der Waals surface area contributed by atoms with Gasteiger partial charge in [0.25, 0.3) is 0 Å². The van der Waals surface area contributed by atoms with Crippen LogP contribution in [0, 0.1) is 0 Å². The summed E-state index contributed by atoms with van der Waals surface area (Å²) in [4.78, 5) is 11.5. The van der Waals surface area contributed by atoms with Crippen LogP contribution >= 0.6 is 0 Å². The third-order valence-corrected chi connectivity index (χ3v) is 4.88. The van der Waals surface area contributed by atoms with E-state index in [1.807, 2.05) is 27.7 Å². The van der Waals surface area contributed by atoms with Gasteiger partial charge in [0.15, 0.2) is 0 Å². The van der Waals surface area contributed by atoms with Crippen molar-refractivity contribution in [1.29, 1.82) is 0 Å². The summed E-state index contributed by atoms with van der Waals surface area (Å²) in [7, 11) is -0.883. The highest BCUT2D eigenvalue weighted by Gasteiger charge is 2.33. The Labute approximate surface area is 113 Å². The highest BCUT2D eigenvalue weighted by molar-refractivity contribution is 6.40. The van der Waals surface area contributed by atoms with Crippen LogP contribution < -0.4 is 0 Å². The van der Waals surface area contributed by atoms with Gasteiger partial charge < -0.3 is 14.2 Å². The first-order chi connectivity index (χ1) is 8.40. The van der Waals surface area contributed by atoms with E-state index in [9.17, 15) is 4.79 Å². The zero-order valence-electron chi connectivity index (χ0n) is 12.2. The molecule has 0 amide bonds. The second kappa shape index (κ2) is 8.45. The van der Waals surface area contributed by atoms with Crippen molar-refractivity contribution >= 4 is 15.5 Å². The Hall–Kier alpha value is -0.653. The number of carbonyl (C=O) groups excluding carboxylic acids is 1. The summed E-state index contributed by atoms with van der Waals surface area (Å²) < 4.78 is 16.8. The fraction of sp³-hybridized carbons (Fsp3) is 0.769. The summed E-state index contributed by atoms with van der Waals surface area (Å²) in [6, 6.07) is 0. The lowest BCUT2D eigenvalue weighted by molar-refractivity contribution is -0.179. The molecule has 0 heterocycles. The van der Waals surface area contributed by atoms with Crippen LogP contribution in [0.25, 0.3) is 0 Å². The van der Waals surface area contributed by atoms with Crippen molar-refractivity contribution in [1.82, 2.24) is 0 Å². The van der Waals surface area contributed by atoms with E-state index in [4.69, 9.17) is 14.2 Å². The van der Waals surface area contributed by atoms with Crippen LogP contribution in [0.5, 0.6) is 0 Å². The Kier molecular flexibility index (Phi) is 8.14. The highest BCUT2D eigenvalue weighted by atomic mass is 28.2. The lowest BCUT2D eigenvalue weighted by Gasteiger charge is -2.34.